The lowest BCUT2D eigenvalue weighted by Gasteiger charge is -2.01. The van der Waals surface area contributed by atoms with Gasteiger partial charge >= 0.3 is 0 Å². The van der Waals surface area contributed by atoms with Crippen LogP contribution in [0.2, 0.25) is 0 Å². The molecule has 0 spiro atoms. The molecule has 0 N–H and O–H groups in total. The van der Waals surface area contributed by atoms with Crippen LogP contribution in [0.4, 0.5) is 4.39 Å². The van der Waals surface area contributed by atoms with Crippen molar-refractivity contribution >= 4 is 17.5 Å². The van der Waals surface area contributed by atoms with E-state index in [4.69, 9.17) is 4.42 Å². The van der Waals surface area contributed by atoms with Crippen molar-refractivity contribution in [3.8, 4) is 11.5 Å². The first-order valence-electron chi connectivity index (χ1n) is 7.35. The Balaban J connectivity index is 1.70. The molecule has 0 radical (unpaired) electrons. The van der Waals surface area contributed by atoms with E-state index >= 15 is 0 Å². The van der Waals surface area contributed by atoms with Crippen LogP contribution in [0.25, 0.3) is 11.5 Å². The number of Topliss-reactive ketones (excluding diaryl/α,β-unsaturated/α-hetero) is 1. The molecule has 2 aromatic carbocycles. The molecule has 6 heteroatoms. The van der Waals surface area contributed by atoms with Crippen LogP contribution in [0.3, 0.4) is 0 Å². The smallest absolute Gasteiger partial charge is 0.277 e. The molecule has 3 rings (SSSR count). The fraction of sp³-hybridized carbons (Fsp3) is 0.167. The van der Waals surface area contributed by atoms with Gasteiger partial charge < -0.3 is 4.42 Å². The normalized spacial score (nSPS) is 10.8. The zero-order valence-corrected chi connectivity index (χ0v) is 14.1. The van der Waals surface area contributed by atoms with Crippen LogP contribution < -0.4 is 0 Å². The number of hydrogen-bond acceptors (Lipinski definition) is 5. The van der Waals surface area contributed by atoms with E-state index in [1.807, 2.05) is 26.0 Å². The molecule has 0 fully saturated rings. The van der Waals surface area contributed by atoms with Crippen molar-refractivity contribution in [3.63, 3.8) is 0 Å². The average molecular weight is 342 g/mol. The topological polar surface area (TPSA) is 56.0 Å². The summed E-state index contributed by atoms with van der Waals surface area (Å²) >= 11 is 1.10. The molecule has 0 aliphatic heterocycles. The number of halogens is 1. The molecule has 24 heavy (non-hydrogen) atoms. The van der Waals surface area contributed by atoms with Gasteiger partial charge in [-0.3, -0.25) is 4.79 Å². The summed E-state index contributed by atoms with van der Waals surface area (Å²) in [5.74, 6) is -0.397. The summed E-state index contributed by atoms with van der Waals surface area (Å²) in [4.78, 5) is 12.1. The number of carbonyl (C=O) groups is 1. The number of thioether (sulfide) groups is 1. The van der Waals surface area contributed by atoms with Crippen LogP contribution in [0, 0.1) is 19.7 Å². The predicted molar refractivity (Wildman–Crippen MR) is 90.7 cm³/mol. The molecule has 0 saturated carbocycles. The largest absolute Gasteiger partial charge is 0.411 e. The molecule has 1 heterocycles. The minimum absolute atomic E-state index is 0.0371. The van der Waals surface area contributed by atoms with Crippen molar-refractivity contribution in [2.45, 2.75) is 19.1 Å². The maximum absolute atomic E-state index is 13.6. The van der Waals surface area contributed by atoms with Gasteiger partial charge in [0.1, 0.15) is 5.82 Å². The number of carbonyl (C=O) groups excluding carboxylic acids is 1. The Kier molecular flexibility index (Phi) is 4.76. The van der Waals surface area contributed by atoms with Crippen molar-refractivity contribution in [1.82, 2.24) is 10.2 Å². The quantitative estimate of drug-likeness (QED) is 0.506. The second-order valence-electron chi connectivity index (χ2n) is 5.44. The summed E-state index contributed by atoms with van der Waals surface area (Å²) in [7, 11) is 0. The lowest BCUT2D eigenvalue weighted by Crippen LogP contribution is -2.04. The monoisotopic (exact) mass is 342 g/mol. The van der Waals surface area contributed by atoms with E-state index < -0.39 is 5.82 Å². The van der Waals surface area contributed by atoms with E-state index in [0.29, 0.717) is 5.89 Å². The highest BCUT2D eigenvalue weighted by Gasteiger charge is 2.15. The van der Waals surface area contributed by atoms with Gasteiger partial charge in [-0.25, -0.2) is 4.39 Å². The van der Waals surface area contributed by atoms with Gasteiger partial charge in [0.2, 0.25) is 5.89 Å². The van der Waals surface area contributed by atoms with E-state index in [-0.39, 0.29) is 22.3 Å². The first kappa shape index (κ1) is 16.4. The summed E-state index contributed by atoms with van der Waals surface area (Å²) in [6.45, 7) is 3.99. The lowest BCUT2D eigenvalue weighted by atomic mass is 10.1. The van der Waals surface area contributed by atoms with Gasteiger partial charge in [-0.1, -0.05) is 41.1 Å². The Morgan fingerprint density at radius 3 is 2.54 bits per heavy atom. The van der Waals surface area contributed by atoms with Gasteiger partial charge in [-0.05, 0) is 38.1 Å². The average Bonchev–Trinajstić information content (AvgIpc) is 3.01. The Morgan fingerprint density at radius 1 is 1.12 bits per heavy atom. The molecular weight excluding hydrogens is 327 g/mol. The summed E-state index contributed by atoms with van der Waals surface area (Å²) in [5, 5.41) is 8.24. The van der Waals surface area contributed by atoms with E-state index in [2.05, 4.69) is 16.3 Å². The van der Waals surface area contributed by atoms with E-state index in [0.717, 1.165) is 28.5 Å². The third-order valence-electron chi connectivity index (χ3n) is 3.38. The second kappa shape index (κ2) is 6.97. The third kappa shape index (κ3) is 3.71. The third-order valence-corrected chi connectivity index (χ3v) is 4.19. The highest BCUT2D eigenvalue weighted by Crippen LogP contribution is 2.25. The van der Waals surface area contributed by atoms with Gasteiger partial charge in [0.05, 0.1) is 11.3 Å². The second-order valence-corrected chi connectivity index (χ2v) is 6.37. The molecule has 0 amide bonds. The summed E-state index contributed by atoms with van der Waals surface area (Å²) in [5.41, 5.74) is 3.12. The first-order valence-corrected chi connectivity index (χ1v) is 8.34. The molecule has 122 valence electrons. The Bertz CT molecular complexity index is 872. The van der Waals surface area contributed by atoms with Crippen molar-refractivity contribution in [2.24, 2.45) is 0 Å². The maximum atomic E-state index is 13.6. The summed E-state index contributed by atoms with van der Waals surface area (Å²) in [6.07, 6.45) is 0. The van der Waals surface area contributed by atoms with Crippen LogP contribution >= 0.6 is 11.8 Å². The molecule has 0 aliphatic rings. The van der Waals surface area contributed by atoms with E-state index in [1.54, 1.807) is 12.1 Å². The van der Waals surface area contributed by atoms with E-state index in [9.17, 15) is 9.18 Å². The molecule has 0 unspecified atom stereocenters. The molecule has 0 aliphatic carbocycles. The minimum Gasteiger partial charge on any atom is -0.411 e. The standard InChI is InChI=1S/C18H15FN2O2S/c1-11-7-12(2)9-13(8-11)17-20-21-18(23-17)24-10-16(22)14-5-3-4-6-15(14)19/h3-9H,10H2,1-2H3. The Labute approximate surface area is 143 Å². The zero-order valence-electron chi connectivity index (χ0n) is 13.2. The lowest BCUT2D eigenvalue weighted by molar-refractivity contribution is 0.101. The predicted octanol–water partition coefficient (Wildman–Crippen LogP) is 4.47. The molecule has 3 aromatic rings. The van der Waals surface area contributed by atoms with Crippen LogP contribution in [-0.4, -0.2) is 21.7 Å². The summed E-state index contributed by atoms with van der Waals surface area (Å²) in [6, 6.07) is 11.9. The number of rotatable bonds is 5. The Morgan fingerprint density at radius 2 is 1.83 bits per heavy atom. The fourth-order valence-corrected chi connectivity index (χ4v) is 3.02. The minimum atomic E-state index is -0.524. The zero-order chi connectivity index (χ0) is 17.1. The van der Waals surface area contributed by atoms with E-state index in [1.165, 1.54) is 12.1 Å². The number of nitrogens with zero attached hydrogens (tertiary/aromatic N) is 2. The van der Waals surface area contributed by atoms with Crippen LogP contribution in [0.1, 0.15) is 21.5 Å². The highest BCUT2D eigenvalue weighted by molar-refractivity contribution is 7.99. The molecule has 4 nitrogen and oxygen atoms in total. The first-order chi connectivity index (χ1) is 11.5. The SMILES string of the molecule is Cc1cc(C)cc(-c2nnc(SCC(=O)c3ccccc3F)o2)c1. The number of ketones is 1. The van der Waals surface area contributed by atoms with Gasteiger partial charge in [0, 0.05) is 5.56 Å². The van der Waals surface area contributed by atoms with Crippen molar-refractivity contribution in [2.75, 3.05) is 5.75 Å². The van der Waals surface area contributed by atoms with Crippen LogP contribution in [0.15, 0.2) is 52.1 Å². The van der Waals surface area contributed by atoms with Crippen molar-refractivity contribution < 1.29 is 13.6 Å². The van der Waals surface area contributed by atoms with Crippen LogP contribution in [0.5, 0.6) is 0 Å². The van der Waals surface area contributed by atoms with Gasteiger partial charge in [0.15, 0.2) is 5.78 Å². The maximum Gasteiger partial charge on any atom is 0.277 e. The number of aryl methyl sites for hydroxylation is 2. The molecule has 0 atom stereocenters. The highest BCUT2D eigenvalue weighted by atomic mass is 32.2. The Hall–Kier alpha value is -2.47. The molecule has 0 bridgehead atoms. The molecule has 1 aromatic heterocycles. The molecule has 0 saturated heterocycles. The van der Waals surface area contributed by atoms with Gasteiger partial charge in [-0.2, -0.15) is 0 Å². The fourth-order valence-electron chi connectivity index (χ4n) is 2.38. The summed E-state index contributed by atoms with van der Waals surface area (Å²) < 4.78 is 19.2. The van der Waals surface area contributed by atoms with Gasteiger partial charge in [-0.15, -0.1) is 10.2 Å². The number of benzene rings is 2. The van der Waals surface area contributed by atoms with Crippen molar-refractivity contribution in [1.29, 1.82) is 0 Å². The number of aromatic nitrogens is 2. The van der Waals surface area contributed by atoms with Crippen LogP contribution in [-0.2, 0) is 0 Å². The number of hydrogen-bond donors (Lipinski definition) is 0. The van der Waals surface area contributed by atoms with Gasteiger partial charge in [0.25, 0.3) is 5.22 Å². The molecular formula is C18H15FN2O2S. The van der Waals surface area contributed by atoms with Crippen molar-refractivity contribution in [3.05, 3.63) is 65.0 Å².